The molecule has 0 spiro atoms. The number of rotatable bonds is 6. The average molecular weight is 293 g/mol. The van der Waals surface area contributed by atoms with Gasteiger partial charge in [-0.05, 0) is 30.0 Å². The smallest absolute Gasteiger partial charge is 0.200 e. The molecule has 0 aliphatic rings. The largest absolute Gasteiger partial charge is 0.484 e. The number of hydrogen-bond acceptors (Lipinski definition) is 3. The van der Waals surface area contributed by atoms with Crippen LogP contribution in [0.5, 0.6) is 5.75 Å². The standard InChI is InChI=1S/C19H19NO2/c1-3-14(2)15-8-10-16(11-9-15)18(21)13-22-19-7-5-4-6-17(19)12-20/h4-11,14H,3,13H2,1-2H3/t14-/m0/s1. The maximum absolute atomic E-state index is 12.2. The summed E-state index contributed by atoms with van der Waals surface area (Å²) in [4.78, 5) is 12.2. The molecule has 0 aliphatic carbocycles. The average Bonchev–Trinajstić information content (AvgIpc) is 2.59. The van der Waals surface area contributed by atoms with Crippen LogP contribution in [0.1, 0.15) is 47.7 Å². The van der Waals surface area contributed by atoms with Crippen molar-refractivity contribution >= 4 is 5.78 Å². The Morgan fingerprint density at radius 1 is 1.18 bits per heavy atom. The zero-order valence-corrected chi connectivity index (χ0v) is 12.9. The fourth-order valence-corrected chi connectivity index (χ4v) is 2.14. The van der Waals surface area contributed by atoms with E-state index in [0.29, 0.717) is 22.8 Å². The highest BCUT2D eigenvalue weighted by molar-refractivity contribution is 5.97. The Morgan fingerprint density at radius 3 is 2.50 bits per heavy atom. The van der Waals surface area contributed by atoms with E-state index in [-0.39, 0.29) is 12.4 Å². The molecule has 0 N–H and O–H groups in total. The van der Waals surface area contributed by atoms with E-state index in [1.807, 2.05) is 30.3 Å². The number of carbonyl (C=O) groups is 1. The minimum absolute atomic E-state index is 0.0681. The summed E-state index contributed by atoms with van der Waals surface area (Å²) in [6.07, 6.45) is 1.07. The predicted molar refractivity (Wildman–Crippen MR) is 86.1 cm³/mol. The van der Waals surface area contributed by atoms with Gasteiger partial charge in [-0.3, -0.25) is 4.79 Å². The Labute approximate surface area is 131 Å². The van der Waals surface area contributed by atoms with E-state index in [2.05, 4.69) is 13.8 Å². The van der Waals surface area contributed by atoms with Gasteiger partial charge in [0.15, 0.2) is 12.4 Å². The van der Waals surface area contributed by atoms with Crippen molar-refractivity contribution < 1.29 is 9.53 Å². The van der Waals surface area contributed by atoms with E-state index in [9.17, 15) is 4.79 Å². The fourth-order valence-electron chi connectivity index (χ4n) is 2.14. The van der Waals surface area contributed by atoms with Crippen LogP contribution in [0.2, 0.25) is 0 Å². The predicted octanol–water partition coefficient (Wildman–Crippen LogP) is 4.33. The minimum Gasteiger partial charge on any atom is -0.484 e. The lowest BCUT2D eigenvalue weighted by atomic mass is 9.97. The maximum atomic E-state index is 12.2. The van der Waals surface area contributed by atoms with Gasteiger partial charge in [0.05, 0.1) is 5.56 Å². The molecule has 22 heavy (non-hydrogen) atoms. The second kappa shape index (κ2) is 7.42. The Balaban J connectivity index is 2.02. The Hall–Kier alpha value is -2.60. The number of ether oxygens (including phenoxy) is 1. The van der Waals surface area contributed by atoms with Gasteiger partial charge < -0.3 is 4.74 Å². The molecule has 0 unspecified atom stereocenters. The highest BCUT2D eigenvalue weighted by Gasteiger charge is 2.10. The Morgan fingerprint density at radius 2 is 1.86 bits per heavy atom. The quantitative estimate of drug-likeness (QED) is 0.745. The van der Waals surface area contributed by atoms with Crippen molar-refractivity contribution in [2.45, 2.75) is 26.2 Å². The van der Waals surface area contributed by atoms with Crippen molar-refractivity contribution in [2.75, 3.05) is 6.61 Å². The summed E-state index contributed by atoms with van der Waals surface area (Å²) in [5.74, 6) is 0.834. The lowest BCUT2D eigenvalue weighted by Crippen LogP contribution is -2.12. The van der Waals surface area contributed by atoms with E-state index in [1.54, 1.807) is 24.3 Å². The van der Waals surface area contributed by atoms with Crippen molar-refractivity contribution in [3.63, 3.8) is 0 Å². The van der Waals surface area contributed by atoms with Crippen LogP contribution < -0.4 is 4.74 Å². The first-order valence-corrected chi connectivity index (χ1v) is 7.40. The van der Waals surface area contributed by atoms with Gasteiger partial charge in [-0.2, -0.15) is 5.26 Å². The normalized spacial score (nSPS) is 11.5. The van der Waals surface area contributed by atoms with Gasteiger partial charge in [-0.15, -0.1) is 0 Å². The molecule has 0 saturated carbocycles. The van der Waals surface area contributed by atoms with Gasteiger partial charge in [0.25, 0.3) is 0 Å². The van der Waals surface area contributed by atoms with Crippen LogP contribution >= 0.6 is 0 Å². The number of nitriles is 1. The first kappa shape index (κ1) is 15.8. The van der Waals surface area contributed by atoms with Gasteiger partial charge >= 0.3 is 0 Å². The molecule has 0 heterocycles. The number of hydrogen-bond donors (Lipinski definition) is 0. The van der Waals surface area contributed by atoms with Gasteiger partial charge in [0.1, 0.15) is 11.8 Å². The molecule has 3 heteroatoms. The number of carbonyl (C=O) groups excluding carboxylic acids is 1. The van der Waals surface area contributed by atoms with E-state index < -0.39 is 0 Å². The second-order valence-electron chi connectivity index (χ2n) is 5.25. The molecule has 2 aromatic carbocycles. The number of nitrogens with zero attached hydrogens (tertiary/aromatic N) is 1. The summed E-state index contributed by atoms with van der Waals surface area (Å²) in [5, 5.41) is 8.99. The fraction of sp³-hybridized carbons (Fsp3) is 0.263. The topological polar surface area (TPSA) is 50.1 Å². The van der Waals surface area contributed by atoms with Crippen LogP contribution in [-0.4, -0.2) is 12.4 Å². The minimum atomic E-state index is -0.0940. The van der Waals surface area contributed by atoms with E-state index in [4.69, 9.17) is 10.00 Å². The van der Waals surface area contributed by atoms with Crippen LogP contribution in [0.25, 0.3) is 0 Å². The molecule has 2 aromatic rings. The third-order valence-electron chi connectivity index (χ3n) is 3.78. The molecule has 2 rings (SSSR count). The van der Waals surface area contributed by atoms with Crippen molar-refractivity contribution in [1.29, 1.82) is 5.26 Å². The molecule has 0 aromatic heterocycles. The number of ketones is 1. The van der Waals surface area contributed by atoms with Gasteiger partial charge in [0, 0.05) is 5.56 Å². The van der Waals surface area contributed by atoms with Crippen molar-refractivity contribution in [2.24, 2.45) is 0 Å². The number of benzene rings is 2. The monoisotopic (exact) mass is 293 g/mol. The molecule has 0 fully saturated rings. The second-order valence-corrected chi connectivity index (χ2v) is 5.25. The third kappa shape index (κ3) is 3.73. The van der Waals surface area contributed by atoms with Gasteiger partial charge in [-0.25, -0.2) is 0 Å². The lowest BCUT2D eigenvalue weighted by molar-refractivity contribution is 0.0921. The molecule has 0 bridgehead atoms. The summed E-state index contributed by atoms with van der Waals surface area (Å²) in [5.41, 5.74) is 2.29. The first-order chi connectivity index (χ1) is 10.7. The first-order valence-electron chi connectivity index (χ1n) is 7.40. The SMILES string of the molecule is CC[C@H](C)c1ccc(C(=O)COc2ccccc2C#N)cc1. The molecule has 0 radical (unpaired) electrons. The zero-order chi connectivity index (χ0) is 15.9. The van der Waals surface area contributed by atoms with Crippen LogP contribution in [0.15, 0.2) is 48.5 Å². The molecule has 0 aliphatic heterocycles. The van der Waals surface area contributed by atoms with E-state index >= 15 is 0 Å². The third-order valence-corrected chi connectivity index (χ3v) is 3.78. The van der Waals surface area contributed by atoms with Gasteiger partial charge in [0.2, 0.25) is 0 Å². The highest BCUT2D eigenvalue weighted by atomic mass is 16.5. The zero-order valence-electron chi connectivity index (χ0n) is 12.9. The van der Waals surface area contributed by atoms with Crippen LogP contribution in [0, 0.1) is 11.3 Å². The molecule has 112 valence electrons. The molecular weight excluding hydrogens is 274 g/mol. The summed E-state index contributed by atoms with van der Waals surface area (Å²) in [6, 6.07) is 16.6. The summed E-state index contributed by atoms with van der Waals surface area (Å²) >= 11 is 0. The molecular formula is C19H19NO2. The molecule has 1 atom stereocenters. The van der Waals surface area contributed by atoms with Crippen LogP contribution in [0.3, 0.4) is 0 Å². The lowest BCUT2D eigenvalue weighted by Gasteiger charge is -2.10. The van der Waals surface area contributed by atoms with Crippen molar-refractivity contribution in [3.8, 4) is 11.8 Å². The van der Waals surface area contributed by atoms with Crippen LogP contribution in [-0.2, 0) is 0 Å². The molecule has 3 nitrogen and oxygen atoms in total. The van der Waals surface area contributed by atoms with Gasteiger partial charge in [-0.1, -0.05) is 50.2 Å². The highest BCUT2D eigenvalue weighted by Crippen LogP contribution is 2.20. The molecule has 0 saturated heterocycles. The Bertz CT molecular complexity index is 683. The summed E-state index contributed by atoms with van der Waals surface area (Å²) in [7, 11) is 0. The van der Waals surface area contributed by atoms with Crippen LogP contribution in [0.4, 0.5) is 0 Å². The maximum Gasteiger partial charge on any atom is 0.200 e. The van der Waals surface area contributed by atoms with Crippen molar-refractivity contribution in [1.82, 2.24) is 0 Å². The molecule has 0 amide bonds. The number of Topliss-reactive ketones (excluding diaryl/α,β-unsaturated/α-hetero) is 1. The summed E-state index contributed by atoms with van der Waals surface area (Å²) < 4.78 is 5.47. The Kier molecular flexibility index (Phi) is 5.32. The van der Waals surface area contributed by atoms with E-state index in [1.165, 1.54) is 5.56 Å². The van der Waals surface area contributed by atoms with Crippen molar-refractivity contribution in [3.05, 3.63) is 65.2 Å². The number of para-hydroxylation sites is 1. The summed E-state index contributed by atoms with van der Waals surface area (Å²) in [6.45, 7) is 4.24. The van der Waals surface area contributed by atoms with E-state index in [0.717, 1.165) is 6.42 Å².